The molecule has 0 saturated heterocycles. The Balaban J connectivity index is 2.10. The second kappa shape index (κ2) is 5.30. The summed E-state index contributed by atoms with van der Waals surface area (Å²) < 4.78 is 1.48. The molecule has 0 amide bonds. The van der Waals surface area contributed by atoms with Crippen LogP contribution in [-0.4, -0.2) is 14.3 Å². The maximum atomic E-state index is 10.9. The molecule has 2 aromatic heterocycles. The Kier molecular flexibility index (Phi) is 3.31. The van der Waals surface area contributed by atoms with Gasteiger partial charge >= 0.3 is 0 Å². The summed E-state index contributed by atoms with van der Waals surface area (Å²) in [4.78, 5) is 14.8. The number of hydrogen-bond acceptors (Lipinski definition) is 4. The van der Waals surface area contributed by atoms with Gasteiger partial charge in [-0.25, -0.2) is 4.98 Å². The van der Waals surface area contributed by atoms with E-state index in [9.17, 15) is 15.4 Å². The Morgan fingerprint density at radius 1 is 1.36 bits per heavy atom. The van der Waals surface area contributed by atoms with Crippen molar-refractivity contribution < 1.29 is 4.92 Å². The molecule has 0 aliphatic heterocycles. The van der Waals surface area contributed by atoms with E-state index in [1.54, 1.807) is 6.07 Å². The van der Waals surface area contributed by atoms with Crippen LogP contribution in [0.15, 0.2) is 42.6 Å². The fourth-order valence-corrected chi connectivity index (χ4v) is 2.45. The van der Waals surface area contributed by atoms with Crippen molar-refractivity contribution in [2.45, 2.75) is 13.3 Å². The van der Waals surface area contributed by atoms with E-state index in [1.165, 1.54) is 16.7 Å². The molecule has 0 spiro atoms. The number of nitro groups is 1. The van der Waals surface area contributed by atoms with Crippen molar-refractivity contribution in [3.05, 3.63) is 75.2 Å². The van der Waals surface area contributed by atoms with Gasteiger partial charge in [-0.1, -0.05) is 29.8 Å². The smallest absolute Gasteiger partial charge is 0.284 e. The van der Waals surface area contributed by atoms with Crippen LogP contribution in [0.25, 0.3) is 5.65 Å². The minimum atomic E-state index is -0.485. The molecule has 0 unspecified atom stereocenters. The van der Waals surface area contributed by atoms with Crippen LogP contribution < -0.4 is 0 Å². The zero-order chi connectivity index (χ0) is 15.7. The fourth-order valence-electron chi connectivity index (χ4n) is 2.45. The van der Waals surface area contributed by atoms with Gasteiger partial charge < -0.3 is 0 Å². The van der Waals surface area contributed by atoms with Gasteiger partial charge in [-0.15, -0.1) is 0 Å². The van der Waals surface area contributed by atoms with Gasteiger partial charge in [0.1, 0.15) is 17.4 Å². The van der Waals surface area contributed by atoms with Gasteiger partial charge in [-0.3, -0.25) is 14.5 Å². The van der Waals surface area contributed by atoms with Crippen LogP contribution in [-0.2, 0) is 6.42 Å². The normalized spacial score (nSPS) is 10.5. The summed E-state index contributed by atoms with van der Waals surface area (Å²) in [6.07, 6.45) is 1.85. The fraction of sp³-hybridized carbons (Fsp3) is 0.125. The molecule has 1 aromatic carbocycles. The average Bonchev–Trinajstić information content (AvgIpc) is 2.83. The highest BCUT2D eigenvalue weighted by Gasteiger charge is 2.15. The van der Waals surface area contributed by atoms with Crippen LogP contribution in [0.2, 0.25) is 0 Å². The molecule has 6 heteroatoms. The molecule has 0 saturated carbocycles. The molecule has 3 aromatic rings. The molecule has 0 aliphatic rings. The van der Waals surface area contributed by atoms with Crippen molar-refractivity contribution in [3.63, 3.8) is 0 Å². The van der Waals surface area contributed by atoms with Gasteiger partial charge in [0.25, 0.3) is 5.69 Å². The van der Waals surface area contributed by atoms with E-state index < -0.39 is 4.92 Å². The summed E-state index contributed by atoms with van der Waals surface area (Å²) in [7, 11) is 0. The number of fused-ring (bicyclic) bond motifs is 1. The van der Waals surface area contributed by atoms with Crippen LogP contribution in [0.5, 0.6) is 0 Å². The molecule has 0 radical (unpaired) electrons. The van der Waals surface area contributed by atoms with Crippen molar-refractivity contribution in [2.24, 2.45) is 0 Å². The highest BCUT2D eigenvalue weighted by molar-refractivity contribution is 5.51. The van der Waals surface area contributed by atoms with E-state index >= 15 is 0 Å². The summed E-state index contributed by atoms with van der Waals surface area (Å²) in [5.41, 5.74) is 3.60. The largest absolute Gasteiger partial charge is 0.286 e. The standard InChI is InChI=1S/C16H12N4O2/c1-11-3-2-4-12(7-11)8-14-15(9-17)19-10-13(20(21)22)5-6-16(19)18-14/h2-7,10H,8H2,1H3. The van der Waals surface area contributed by atoms with E-state index in [0.29, 0.717) is 23.5 Å². The number of nitriles is 1. The molecule has 0 aliphatic carbocycles. The third-order valence-electron chi connectivity index (χ3n) is 3.45. The lowest BCUT2D eigenvalue weighted by Crippen LogP contribution is -1.95. The van der Waals surface area contributed by atoms with Crippen molar-refractivity contribution in [2.75, 3.05) is 0 Å². The van der Waals surface area contributed by atoms with Crippen molar-refractivity contribution >= 4 is 11.3 Å². The lowest BCUT2D eigenvalue weighted by Gasteiger charge is -2.00. The topological polar surface area (TPSA) is 84.2 Å². The van der Waals surface area contributed by atoms with E-state index in [0.717, 1.165) is 11.1 Å². The molecule has 0 N–H and O–H groups in total. The molecular formula is C16H12N4O2. The Bertz CT molecular complexity index is 922. The Morgan fingerprint density at radius 3 is 2.86 bits per heavy atom. The quantitative estimate of drug-likeness (QED) is 0.548. The number of aromatic nitrogens is 2. The molecule has 0 atom stereocenters. The second-order valence-corrected chi connectivity index (χ2v) is 5.06. The zero-order valence-corrected chi connectivity index (χ0v) is 11.9. The van der Waals surface area contributed by atoms with Crippen molar-refractivity contribution in [1.29, 1.82) is 5.26 Å². The van der Waals surface area contributed by atoms with E-state index in [1.807, 2.05) is 31.2 Å². The number of rotatable bonds is 3. The lowest BCUT2D eigenvalue weighted by atomic mass is 10.1. The molecule has 2 heterocycles. The van der Waals surface area contributed by atoms with Gasteiger partial charge in [-0.05, 0) is 18.6 Å². The van der Waals surface area contributed by atoms with E-state index in [-0.39, 0.29) is 5.69 Å². The monoisotopic (exact) mass is 292 g/mol. The summed E-state index contributed by atoms with van der Waals surface area (Å²) in [5.74, 6) is 0. The Labute approximate surface area is 126 Å². The highest BCUT2D eigenvalue weighted by Crippen LogP contribution is 2.20. The number of benzene rings is 1. The third kappa shape index (κ3) is 2.40. The minimum absolute atomic E-state index is 0.0662. The van der Waals surface area contributed by atoms with E-state index in [2.05, 4.69) is 11.1 Å². The summed E-state index contributed by atoms with van der Waals surface area (Å²) in [6, 6.07) is 13.0. The molecule has 3 rings (SSSR count). The maximum absolute atomic E-state index is 10.9. The second-order valence-electron chi connectivity index (χ2n) is 5.06. The van der Waals surface area contributed by atoms with Crippen molar-refractivity contribution in [3.8, 4) is 6.07 Å². The number of aryl methyl sites for hydroxylation is 1. The molecule has 0 bridgehead atoms. The van der Waals surface area contributed by atoms with Crippen LogP contribution in [0.4, 0.5) is 5.69 Å². The number of pyridine rings is 1. The molecule has 108 valence electrons. The van der Waals surface area contributed by atoms with Gasteiger partial charge in [0, 0.05) is 12.5 Å². The molecule has 0 fully saturated rings. The summed E-state index contributed by atoms with van der Waals surface area (Å²) in [5, 5.41) is 20.3. The lowest BCUT2D eigenvalue weighted by molar-refractivity contribution is -0.385. The third-order valence-corrected chi connectivity index (χ3v) is 3.45. The Hall–Kier alpha value is -3.20. The van der Waals surface area contributed by atoms with Gasteiger partial charge in [-0.2, -0.15) is 5.26 Å². The SMILES string of the molecule is Cc1cccc(Cc2nc3ccc([N+](=O)[O-])cn3c2C#N)c1. The van der Waals surface area contributed by atoms with Gasteiger partial charge in [0.15, 0.2) is 0 Å². The highest BCUT2D eigenvalue weighted by atomic mass is 16.6. The van der Waals surface area contributed by atoms with E-state index in [4.69, 9.17) is 0 Å². The number of hydrogen-bond donors (Lipinski definition) is 0. The zero-order valence-electron chi connectivity index (χ0n) is 11.9. The molecule has 6 nitrogen and oxygen atoms in total. The summed E-state index contributed by atoms with van der Waals surface area (Å²) in [6.45, 7) is 2.00. The first-order valence-electron chi connectivity index (χ1n) is 6.69. The molecular weight excluding hydrogens is 280 g/mol. The molecule has 22 heavy (non-hydrogen) atoms. The first kappa shape index (κ1) is 13.8. The first-order chi connectivity index (χ1) is 10.6. The first-order valence-corrected chi connectivity index (χ1v) is 6.69. The van der Waals surface area contributed by atoms with Crippen molar-refractivity contribution in [1.82, 2.24) is 9.38 Å². The van der Waals surface area contributed by atoms with Crippen LogP contribution in [0.3, 0.4) is 0 Å². The predicted octanol–water partition coefficient (Wildman–Crippen LogP) is 3.01. The predicted molar refractivity (Wildman–Crippen MR) is 80.5 cm³/mol. The van der Waals surface area contributed by atoms with Crippen LogP contribution in [0, 0.1) is 28.4 Å². The number of imidazole rings is 1. The van der Waals surface area contributed by atoms with Gasteiger partial charge in [0.05, 0.1) is 16.8 Å². The van der Waals surface area contributed by atoms with Crippen LogP contribution >= 0.6 is 0 Å². The minimum Gasteiger partial charge on any atom is -0.284 e. The van der Waals surface area contributed by atoms with Crippen LogP contribution in [0.1, 0.15) is 22.5 Å². The van der Waals surface area contributed by atoms with Gasteiger partial charge in [0.2, 0.25) is 0 Å². The number of nitrogens with zero attached hydrogens (tertiary/aromatic N) is 4. The summed E-state index contributed by atoms with van der Waals surface area (Å²) >= 11 is 0. The Morgan fingerprint density at radius 2 is 2.18 bits per heavy atom. The average molecular weight is 292 g/mol. The maximum Gasteiger partial charge on any atom is 0.286 e.